The second-order valence-electron chi connectivity index (χ2n) is 4.49. The summed E-state index contributed by atoms with van der Waals surface area (Å²) in [5, 5.41) is 5.99. The van der Waals surface area contributed by atoms with E-state index < -0.39 is 6.03 Å². The van der Waals surface area contributed by atoms with E-state index in [2.05, 4.69) is 10.6 Å². The summed E-state index contributed by atoms with van der Waals surface area (Å²) < 4.78 is 4.95. The number of amides is 2. The van der Waals surface area contributed by atoms with Crippen LogP contribution in [-0.2, 0) is 11.3 Å². The zero-order valence-electron chi connectivity index (χ0n) is 10.9. The first-order valence-corrected chi connectivity index (χ1v) is 6.64. The molecule has 0 aromatic heterocycles. The van der Waals surface area contributed by atoms with Crippen LogP contribution in [0.5, 0.6) is 0 Å². The van der Waals surface area contributed by atoms with Gasteiger partial charge in [-0.2, -0.15) is 0 Å². The van der Waals surface area contributed by atoms with Crippen molar-refractivity contribution in [3.05, 3.63) is 58.6 Å². The Morgan fingerprint density at radius 2 is 1.86 bits per heavy atom. The van der Waals surface area contributed by atoms with Crippen molar-refractivity contribution >= 4 is 35.0 Å². The Morgan fingerprint density at radius 1 is 1.10 bits per heavy atom. The SMILES string of the molecule is O=C(Nc1ccc(Cl)cc1)Nc1cccc2c1COC2=O. The topological polar surface area (TPSA) is 67.4 Å². The lowest BCUT2D eigenvalue weighted by molar-refractivity contribution is 0.0535. The number of halogens is 1. The number of rotatable bonds is 2. The lowest BCUT2D eigenvalue weighted by atomic mass is 10.1. The summed E-state index contributed by atoms with van der Waals surface area (Å²) in [5.74, 6) is -0.369. The van der Waals surface area contributed by atoms with Crippen molar-refractivity contribution in [3.8, 4) is 0 Å². The summed E-state index contributed by atoms with van der Waals surface area (Å²) in [6.07, 6.45) is 0. The summed E-state index contributed by atoms with van der Waals surface area (Å²) >= 11 is 5.78. The number of anilines is 2. The van der Waals surface area contributed by atoms with E-state index in [9.17, 15) is 9.59 Å². The maximum atomic E-state index is 12.0. The van der Waals surface area contributed by atoms with Gasteiger partial charge >= 0.3 is 12.0 Å². The second kappa shape index (κ2) is 5.46. The number of fused-ring (bicyclic) bond motifs is 1. The van der Waals surface area contributed by atoms with Crippen molar-refractivity contribution in [1.29, 1.82) is 0 Å². The molecule has 2 N–H and O–H groups in total. The highest BCUT2D eigenvalue weighted by Gasteiger charge is 2.24. The number of hydrogen-bond acceptors (Lipinski definition) is 3. The first-order valence-electron chi connectivity index (χ1n) is 6.26. The Bertz CT molecular complexity index is 713. The highest BCUT2D eigenvalue weighted by Crippen LogP contribution is 2.27. The number of carbonyl (C=O) groups excluding carboxylic acids is 2. The van der Waals surface area contributed by atoms with Gasteiger partial charge in [-0.3, -0.25) is 0 Å². The third-order valence-corrected chi connectivity index (χ3v) is 3.35. The molecule has 0 saturated carbocycles. The van der Waals surface area contributed by atoms with Gasteiger partial charge in [-0.25, -0.2) is 9.59 Å². The fourth-order valence-electron chi connectivity index (χ4n) is 2.08. The Hall–Kier alpha value is -2.53. The molecule has 1 heterocycles. The maximum Gasteiger partial charge on any atom is 0.338 e. The molecule has 0 radical (unpaired) electrons. The molecule has 0 fully saturated rings. The zero-order chi connectivity index (χ0) is 14.8. The van der Waals surface area contributed by atoms with Crippen LogP contribution in [0.3, 0.4) is 0 Å². The highest BCUT2D eigenvalue weighted by molar-refractivity contribution is 6.30. The number of nitrogens with one attached hydrogen (secondary N) is 2. The third kappa shape index (κ3) is 2.83. The van der Waals surface area contributed by atoms with Crippen molar-refractivity contribution in [1.82, 2.24) is 0 Å². The van der Waals surface area contributed by atoms with E-state index in [1.54, 1.807) is 42.5 Å². The van der Waals surface area contributed by atoms with Crippen LogP contribution in [0.4, 0.5) is 16.2 Å². The van der Waals surface area contributed by atoms with Crippen molar-refractivity contribution in [2.75, 3.05) is 10.6 Å². The molecule has 6 heteroatoms. The summed E-state index contributed by atoms with van der Waals surface area (Å²) in [7, 11) is 0. The molecule has 3 rings (SSSR count). The van der Waals surface area contributed by atoms with E-state index in [-0.39, 0.29) is 12.6 Å². The summed E-state index contributed by atoms with van der Waals surface area (Å²) in [5.41, 5.74) is 2.36. The molecule has 2 aromatic rings. The number of ether oxygens (including phenoxy) is 1. The maximum absolute atomic E-state index is 12.0. The molecule has 5 nitrogen and oxygen atoms in total. The quantitative estimate of drug-likeness (QED) is 0.832. The number of cyclic esters (lactones) is 1. The minimum Gasteiger partial charge on any atom is -0.457 e. The third-order valence-electron chi connectivity index (χ3n) is 3.09. The average molecular weight is 303 g/mol. The van der Waals surface area contributed by atoms with E-state index in [0.717, 1.165) is 0 Å². The molecule has 106 valence electrons. The van der Waals surface area contributed by atoms with E-state index >= 15 is 0 Å². The molecule has 1 aliphatic heterocycles. The number of hydrogen-bond donors (Lipinski definition) is 2. The van der Waals surface area contributed by atoms with Crippen LogP contribution in [0.25, 0.3) is 0 Å². The molecular weight excluding hydrogens is 292 g/mol. The van der Waals surface area contributed by atoms with Gasteiger partial charge in [0.2, 0.25) is 0 Å². The fraction of sp³-hybridized carbons (Fsp3) is 0.0667. The normalized spacial score (nSPS) is 12.5. The molecule has 2 aromatic carbocycles. The van der Waals surface area contributed by atoms with Gasteiger partial charge in [0.05, 0.1) is 5.56 Å². The fourth-order valence-corrected chi connectivity index (χ4v) is 2.21. The molecule has 0 saturated heterocycles. The average Bonchev–Trinajstić information content (AvgIpc) is 2.84. The molecule has 0 unspecified atom stereocenters. The van der Waals surface area contributed by atoms with E-state index in [1.165, 1.54) is 0 Å². The predicted octanol–water partition coefficient (Wildman–Crippen LogP) is 3.65. The highest BCUT2D eigenvalue weighted by atomic mass is 35.5. The van der Waals surface area contributed by atoms with E-state index in [4.69, 9.17) is 16.3 Å². The second-order valence-corrected chi connectivity index (χ2v) is 4.93. The van der Waals surface area contributed by atoms with Crippen LogP contribution in [0.2, 0.25) is 5.02 Å². The van der Waals surface area contributed by atoms with Crippen molar-refractivity contribution in [2.24, 2.45) is 0 Å². The van der Waals surface area contributed by atoms with E-state index in [1.807, 2.05) is 0 Å². The zero-order valence-corrected chi connectivity index (χ0v) is 11.6. The van der Waals surface area contributed by atoms with Crippen LogP contribution < -0.4 is 10.6 Å². The standard InChI is InChI=1S/C15H11ClN2O3/c16-9-4-6-10(7-5-9)17-15(20)18-13-3-1-2-11-12(13)8-21-14(11)19/h1-7H,8H2,(H2,17,18,20). The number of urea groups is 1. The van der Waals surface area contributed by atoms with Gasteiger partial charge in [-0.15, -0.1) is 0 Å². The minimum absolute atomic E-state index is 0.172. The molecule has 1 aliphatic rings. The van der Waals surface area contributed by atoms with Crippen molar-refractivity contribution < 1.29 is 14.3 Å². The summed E-state index contributed by atoms with van der Waals surface area (Å²) in [4.78, 5) is 23.4. The Labute approximate surface area is 125 Å². The lowest BCUT2D eigenvalue weighted by Gasteiger charge is -2.10. The van der Waals surface area contributed by atoms with Gasteiger partial charge in [0.25, 0.3) is 0 Å². The van der Waals surface area contributed by atoms with Gasteiger partial charge in [0.1, 0.15) is 6.61 Å². The first kappa shape index (κ1) is 13.5. The molecular formula is C15H11ClN2O3. The smallest absolute Gasteiger partial charge is 0.338 e. The predicted molar refractivity (Wildman–Crippen MR) is 79.7 cm³/mol. The number of esters is 1. The van der Waals surface area contributed by atoms with Crippen LogP contribution in [0, 0.1) is 0 Å². The van der Waals surface area contributed by atoms with Gasteiger partial charge < -0.3 is 15.4 Å². The van der Waals surface area contributed by atoms with Crippen LogP contribution in [0.1, 0.15) is 15.9 Å². The largest absolute Gasteiger partial charge is 0.457 e. The van der Waals surface area contributed by atoms with Crippen molar-refractivity contribution in [2.45, 2.75) is 6.61 Å². The number of carbonyl (C=O) groups is 2. The first-order chi connectivity index (χ1) is 10.1. The monoisotopic (exact) mass is 302 g/mol. The summed E-state index contributed by atoms with van der Waals surface area (Å²) in [6.45, 7) is 0.172. The van der Waals surface area contributed by atoms with Gasteiger partial charge in [0.15, 0.2) is 0 Å². The van der Waals surface area contributed by atoms with E-state index in [0.29, 0.717) is 27.5 Å². The molecule has 0 spiro atoms. The van der Waals surface area contributed by atoms with Crippen molar-refractivity contribution in [3.63, 3.8) is 0 Å². The molecule has 0 atom stereocenters. The Balaban J connectivity index is 1.74. The molecule has 0 aliphatic carbocycles. The molecule has 0 bridgehead atoms. The number of benzene rings is 2. The van der Waals surface area contributed by atoms with Gasteiger partial charge in [-0.1, -0.05) is 17.7 Å². The van der Waals surface area contributed by atoms with Gasteiger partial charge in [-0.05, 0) is 36.4 Å². The summed E-state index contributed by atoms with van der Waals surface area (Å²) in [6, 6.07) is 11.5. The minimum atomic E-state index is -0.398. The molecule has 21 heavy (non-hydrogen) atoms. The van der Waals surface area contributed by atoms with Crippen LogP contribution in [0.15, 0.2) is 42.5 Å². The molecule has 2 amide bonds. The van der Waals surface area contributed by atoms with Crippen LogP contribution >= 0.6 is 11.6 Å². The Morgan fingerprint density at radius 3 is 2.62 bits per heavy atom. The Kier molecular flexibility index (Phi) is 3.50. The lowest BCUT2D eigenvalue weighted by Crippen LogP contribution is -2.20. The van der Waals surface area contributed by atoms with Gasteiger partial charge in [0, 0.05) is 22.0 Å². The van der Waals surface area contributed by atoms with Crippen LogP contribution in [-0.4, -0.2) is 12.0 Å².